The fourth-order valence-corrected chi connectivity index (χ4v) is 2.77. The van der Waals surface area contributed by atoms with E-state index >= 15 is 0 Å². The number of pyridine rings is 1. The molecule has 0 spiro atoms. The Morgan fingerprint density at radius 2 is 2.15 bits per heavy atom. The molecule has 1 saturated heterocycles. The Morgan fingerprint density at radius 1 is 1.35 bits per heavy atom. The number of rotatable bonds is 1. The van der Waals surface area contributed by atoms with Gasteiger partial charge in [-0.05, 0) is 26.0 Å². The molecule has 2 aromatic rings. The lowest BCUT2D eigenvalue weighted by atomic mass is 9.99. The average molecular weight is 266 g/mol. The fraction of sp³-hybridized carbons (Fsp3) is 0.375. The van der Waals surface area contributed by atoms with Crippen molar-refractivity contribution in [2.45, 2.75) is 19.4 Å². The summed E-state index contributed by atoms with van der Waals surface area (Å²) in [6, 6.07) is 12.2. The van der Waals surface area contributed by atoms with Crippen LogP contribution in [-0.4, -0.2) is 30.2 Å². The van der Waals surface area contributed by atoms with Crippen molar-refractivity contribution in [3.05, 3.63) is 35.9 Å². The number of nitrogens with one attached hydrogen (secondary N) is 1. The highest BCUT2D eigenvalue weighted by atomic mass is 15.3. The first kappa shape index (κ1) is 12.9. The molecule has 20 heavy (non-hydrogen) atoms. The summed E-state index contributed by atoms with van der Waals surface area (Å²) >= 11 is 0. The van der Waals surface area contributed by atoms with Gasteiger partial charge in [0, 0.05) is 30.6 Å². The van der Waals surface area contributed by atoms with Crippen LogP contribution in [0.3, 0.4) is 0 Å². The summed E-state index contributed by atoms with van der Waals surface area (Å²) in [5.41, 5.74) is 1.55. The molecule has 4 nitrogen and oxygen atoms in total. The van der Waals surface area contributed by atoms with Gasteiger partial charge in [-0.25, -0.2) is 4.98 Å². The van der Waals surface area contributed by atoms with E-state index < -0.39 is 0 Å². The zero-order chi connectivity index (χ0) is 14.2. The van der Waals surface area contributed by atoms with Crippen LogP contribution in [0.5, 0.6) is 0 Å². The number of aromatic nitrogens is 1. The van der Waals surface area contributed by atoms with Crippen molar-refractivity contribution < 1.29 is 0 Å². The van der Waals surface area contributed by atoms with Crippen molar-refractivity contribution in [3.8, 4) is 6.07 Å². The molecule has 0 atom stereocenters. The lowest BCUT2D eigenvalue weighted by Crippen LogP contribution is -2.58. The van der Waals surface area contributed by atoms with Crippen LogP contribution in [0, 0.1) is 11.3 Å². The molecule has 102 valence electrons. The third-order valence-electron chi connectivity index (χ3n) is 3.88. The molecule has 1 aliphatic heterocycles. The van der Waals surface area contributed by atoms with Gasteiger partial charge in [-0.1, -0.05) is 18.2 Å². The zero-order valence-electron chi connectivity index (χ0n) is 11.8. The minimum atomic E-state index is -0.0424. The van der Waals surface area contributed by atoms with Crippen LogP contribution in [-0.2, 0) is 0 Å². The SMILES string of the molecule is CC1(C)CNCCN1c1nc2ccccc2cc1C#N. The average Bonchev–Trinajstić information content (AvgIpc) is 2.45. The van der Waals surface area contributed by atoms with E-state index in [1.54, 1.807) is 0 Å². The number of benzene rings is 1. The number of hydrogen-bond donors (Lipinski definition) is 1. The van der Waals surface area contributed by atoms with Crippen LogP contribution >= 0.6 is 0 Å². The van der Waals surface area contributed by atoms with Crippen LogP contribution in [0.15, 0.2) is 30.3 Å². The first-order valence-electron chi connectivity index (χ1n) is 6.90. The molecule has 0 radical (unpaired) electrons. The molecule has 1 aromatic heterocycles. The highest BCUT2D eigenvalue weighted by Gasteiger charge is 2.32. The summed E-state index contributed by atoms with van der Waals surface area (Å²) in [5.74, 6) is 0.803. The van der Waals surface area contributed by atoms with E-state index in [1.165, 1.54) is 0 Å². The summed E-state index contributed by atoms with van der Waals surface area (Å²) in [6.07, 6.45) is 0. The Kier molecular flexibility index (Phi) is 3.07. The van der Waals surface area contributed by atoms with Crippen molar-refractivity contribution in [1.82, 2.24) is 10.3 Å². The van der Waals surface area contributed by atoms with Crippen molar-refractivity contribution in [2.75, 3.05) is 24.5 Å². The highest BCUT2D eigenvalue weighted by Crippen LogP contribution is 2.29. The van der Waals surface area contributed by atoms with Crippen molar-refractivity contribution in [3.63, 3.8) is 0 Å². The Balaban J connectivity index is 2.17. The minimum absolute atomic E-state index is 0.0424. The van der Waals surface area contributed by atoms with Crippen molar-refractivity contribution in [2.24, 2.45) is 0 Å². The molecule has 0 aliphatic carbocycles. The smallest absolute Gasteiger partial charge is 0.147 e. The lowest BCUT2D eigenvalue weighted by molar-refractivity contribution is 0.378. The zero-order valence-corrected chi connectivity index (χ0v) is 11.8. The van der Waals surface area contributed by atoms with Gasteiger partial charge in [0.15, 0.2) is 0 Å². The summed E-state index contributed by atoms with van der Waals surface area (Å²) in [4.78, 5) is 6.99. The van der Waals surface area contributed by atoms with Gasteiger partial charge in [-0.3, -0.25) is 0 Å². The number of anilines is 1. The van der Waals surface area contributed by atoms with E-state index in [9.17, 15) is 5.26 Å². The predicted octanol–water partition coefficient (Wildman–Crippen LogP) is 2.29. The number of para-hydroxylation sites is 1. The van der Waals surface area contributed by atoms with E-state index in [2.05, 4.69) is 30.1 Å². The van der Waals surface area contributed by atoms with Crippen LogP contribution in [0.2, 0.25) is 0 Å². The minimum Gasteiger partial charge on any atom is -0.348 e. The largest absolute Gasteiger partial charge is 0.348 e. The van der Waals surface area contributed by atoms with Gasteiger partial charge in [0.1, 0.15) is 11.9 Å². The molecule has 1 fully saturated rings. The summed E-state index contributed by atoms with van der Waals surface area (Å²) < 4.78 is 0. The molecule has 3 rings (SSSR count). The van der Waals surface area contributed by atoms with Gasteiger partial charge in [0.2, 0.25) is 0 Å². The molecular weight excluding hydrogens is 248 g/mol. The van der Waals surface area contributed by atoms with Crippen molar-refractivity contribution >= 4 is 16.7 Å². The van der Waals surface area contributed by atoms with Crippen molar-refractivity contribution in [1.29, 1.82) is 5.26 Å². The van der Waals surface area contributed by atoms with E-state index in [0.717, 1.165) is 36.4 Å². The van der Waals surface area contributed by atoms with Gasteiger partial charge >= 0.3 is 0 Å². The second-order valence-electron chi connectivity index (χ2n) is 5.80. The molecule has 1 aliphatic rings. The first-order valence-corrected chi connectivity index (χ1v) is 6.90. The van der Waals surface area contributed by atoms with Gasteiger partial charge in [0.25, 0.3) is 0 Å². The number of nitriles is 1. The summed E-state index contributed by atoms with van der Waals surface area (Å²) in [6.45, 7) is 7.04. The van der Waals surface area contributed by atoms with E-state index in [1.807, 2.05) is 30.3 Å². The van der Waals surface area contributed by atoms with Gasteiger partial charge < -0.3 is 10.2 Å². The molecule has 1 N–H and O–H groups in total. The lowest BCUT2D eigenvalue weighted by Gasteiger charge is -2.44. The third kappa shape index (κ3) is 2.10. The summed E-state index contributed by atoms with van der Waals surface area (Å²) in [5, 5.41) is 13.9. The number of fused-ring (bicyclic) bond motifs is 1. The molecular formula is C16H18N4. The molecule has 1 aromatic carbocycles. The summed E-state index contributed by atoms with van der Waals surface area (Å²) in [7, 11) is 0. The third-order valence-corrected chi connectivity index (χ3v) is 3.88. The van der Waals surface area contributed by atoms with E-state index in [-0.39, 0.29) is 5.54 Å². The molecule has 2 heterocycles. The normalized spacial score (nSPS) is 17.9. The van der Waals surface area contributed by atoms with Crippen LogP contribution in [0.25, 0.3) is 10.9 Å². The molecule has 0 saturated carbocycles. The Hall–Kier alpha value is -2.12. The van der Waals surface area contributed by atoms with Crippen LogP contribution in [0.4, 0.5) is 5.82 Å². The monoisotopic (exact) mass is 266 g/mol. The van der Waals surface area contributed by atoms with Gasteiger partial charge in [0.05, 0.1) is 11.1 Å². The maximum Gasteiger partial charge on any atom is 0.147 e. The molecule has 0 unspecified atom stereocenters. The second kappa shape index (κ2) is 4.77. The fourth-order valence-electron chi connectivity index (χ4n) is 2.77. The van der Waals surface area contributed by atoms with Gasteiger partial charge in [-0.15, -0.1) is 0 Å². The number of piperazine rings is 1. The quantitative estimate of drug-likeness (QED) is 0.860. The standard InChI is InChI=1S/C16H18N4/c1-16(2)11-18-7-8-20(16)15-13(10-17)9-12-5-3-4-6-14(12)19-15/h3-6,9,18H,7-8,11H2,1-2H3. The van der Waals surface area contributed by atoms with E-state index in [4.69, 9.17) is 4.98 Å². The number of nitrogens with zero attached hydrogens (tertiary/aromatic N) is 3. The highest BCUT2D eigenvalue weighted by molar-refractivity contribution is 5.83. The van der Waals surface area contributed by atoms with Crippen LogP contribution < -0.4 is 10.2 Å². The predicted molar refractivity (Wildman–Crippen MR) is 80.8 cm³/mol. The Bertz CT molecular complexity index is 684. The number of hydrogen-bond acceptors (Lipinski definition) is 4. The maximum atomic E-state index is 9.45. The Labute approximate surface area is 119 Å². The van der Waals surface area contributed by atoms with Gasteiger partial charge in [-0.2, -0.15) is 5.26 Å². The molecule has 4 heteroatoms. The Morgan fingerprint density at radius 3 is 2.90 bits per heavy atom. The molecule has 0 bridgehead atoms. The maximum absolute atomic E-state index is 9.45. The second-order valence-corrected chi connectivity index (χ2v) is 5.80. The van der Waals surface area contributed by atoms with Crippen LogP contribution in [0.1, 0.15) is 19.4 Å². The van der Waals surface area contributed by atoms with E-state index in [0.29, 0.717) is 5.56 Å². The topological polar surface area (TPSA) is 52.0 Å². The first-order chi connectivity index (χ1) is 9.62. The molecule has 0 amide bonds.